The average Bonchev–Trinajstić information content (AvgIpc) is 3.21. The lowest BCUT2D eigenvalue weighted by molar-refractivity contribution is -0.159. The summed E-state index contributed by atoms with van der Waals surface area (Å²) >= 11 is 0. The summed E-state index contributed by atoms with van der Waals surface area (Å²) in [4.78, 5) is 33.2. The van der Waals surface area contributed by atoms with Crippen molar-refractivity contribution in [2.45, 2.75) is 25.9 Å². The predicted octanol–water partition coefficient (Wildman–Crippen LogP) is 3.04. The molecule has 1 saturated heterocycles. The Balaban J connectivity index is 1.23. The van der Waals surface area contributed by atoms with Crippen molar-refractivity contribution in [1.29, 1.82) is 0 Å². The normalized spacial score (nSPS) is 15.2. The summed E-state index contributed by atoms with van der Waals surface area (Å²) in [6.07, 6.45) is -0.347. The van der Waals surface area contributed by atoms with Gasteiger partial charge in [0.15, 0.2) is 17.6 Å². The summed E-state index contributed by atoms with van der Waals surface area (Å²) < 4.78 is 11.0. The van der Waals surface area contributed by atoms with Gasteiger partial charge < -0.3 is 19.0 Å². The van der Waals surface area contributed by atoms with Crippen LogP contribution in [0.25, 0.3) is 11.1 Å². The highest BCUT2D eigenvalue weighted by atomic mass is 16.5. The molecule has 0 spiro atoms. The number of hydrogen-bond donors (Lipinski definition) is 0. The molecule has 1 aromatic heterocycles. The van der Waals surface area contributed by atoms with E-state index in [1.807, 2.05) is 42.5 Å². The van der Waals surface area contributed by atoms with Crippen molar-refractivity contribution in [3.8, 4) is 0 Å². The van der Waals surface area contributed by atoms with Gasteiger partial charge in [0.2, 0.25) is 0 Å². The molecule has 30 heavy (non-hydrogen) atoms. The lowest BCUT2D eigenvalue weighted by Crippen LogP contribution is -2.51. The van der Waals surface area contributed by atoms with Gasteiger partial charge in [0.05, 0.1) is 6.42 Å². The SMILES string of the molecule is C[C@@H](OC(=O)CCc1nc2ccccc2o1)C(=O)N1CCN(c2ccccc2)CC1. The molecule has 1 aliphatic rings. The van der Waals surface area contributed by atoms with Crippen LogP contribution in [0, 0.1) is 0 Å². The maximum absolute atomic E-state index is 12.7. The van der Waals surface area contributed by atoms with Gasteiger partial charge in [0.1, 0.15) is 5.52 Å². The topological polar surface area (TPSA) is 75.9 Å². The van der Waals surface area contributed by atoms with Gasteiger partial charge in [0.25, 0.3) is 5.91 Å². The summed E-state index contributed by atoms with van der Waals surface area (Å²) in [7, 11) is 0. The number of fused-ring (bicyclic) bond motifs is 1. The molecule has 2 heterocycles. The zero-order valence-corrected chi connectivity index (χ0v) is 17.0. The number of carbonyl (C=O) groups is 2. The Morgan fingerprint density at radius 1 is 1.03 bits per heavy atom. The highest BCUT2D eigenvalue weighted by Crippen LogP contribution is 2.17. The second-order valence-electron chi connectivity index (χ2n) is 7.36. The van der Waals surface area contributed by atoms with Crippen LogP contribution in [-0.4, -0.2) is 54.0 Å². The number of aromatic nitrogens is 1. The summed E-state index contributed by atoms with van der Waals surface area (Å²) in [5.41, 5.74) is 2.61. The Bertz CT molecular complexity index is 976. The van der Waals surface area contributed by atoms with E-state index in [-0.39, 0.29) is 12.3 Å². The van der Waals surface area contributed by atoms with Crippen molar-refractivity contribution >= 4 is 28.7 Å². The Kier molecular flexibility index (Phi) is 5.97. The maximum Gasteiger partial charge on any atom is 0.307 e. The monoisotopic (exact) mass is 407 g/mol. The van der Waals surface area contributed by atoms with Crippen LogP contribution in [0.1, 0.15) is 19.2 Å². The summed E-state index contributed by atoms with van der Waals surface area (Å²) in [5.74, 6) is -0.0943. The van der Waals surface area contributed by atoms with Crippen molar-refractivity contribution in [3.63, 3.8) is 0 Å². The van der Waals surface area contributed by atoms with E-state index in [1.165, 1.54) is 0 Å². The van der Waals surface area contributed by atoms with Crippen LogP contribution in [0.3, 0.4) is 0 Å². The Morgan fingerprint density at radius 2 is 1.73 bits per heavy atom. The molecule has 1 atom stereocenters. The lowest BCUT2D eigenvalue weighted by Gasteiger charge is -2.37. The maximum atomic E-state index is 12.7. The number of aryl methyl sites for hydroxylation is 1. The molecular formula is C23H25N3O4. The highest BCUT2D eigenvalue weighted by molar-refractivity contribution is 5.83. The van der Waals surface area contributed by atoms with E-state index >= 15 is 0 Å². The Morgan fingerprint density at radius 3 is 2.47 bits per heavy atom. The van der Waals surface area contributed by atoms with Crippen LogP contribution in [-0.2, 0) is 20.7 Å². The average molecular weight is 407 g/mol. The molecule has 0 aliphatic carbocycles. The van der Waals surface area contributed by atoms with Gasteiger partial charge in [-0.3, -0.25) is 9.59 Å². The third-order valence-corrected chi connectivity index (χ3v) is 5.25. The number of anilines is 1. The number of para-hydroxylation sites is 3. The number of benzene rings is 2. The predicted molar refractivity (Wildman–Crippen MR) is 113 cm³/mol. The van der Waals surface area contributed by atoms with Crippen LogP contribution in [0.4, 0.5) is 5.69 Å². The summed E-state index contributed by atoms with van der Waals surface area (Å²) in [6.45, 7) is 4.36. The molecule has 1 amide bonds. The molecule has 3 aromatic rings. The second kappa shape index (κ2) is 8.98. The van der Waals surface area contributed by atoms with Gasteiger partial charge in [-0.25, -0.2) is 4.98 Å². The molecule has 0 radical (unpaired) electrons. The first kappa shape index (κ1) is 19.9. The van der Waals surface area contributed by atoms with E-state index in [4.69, 9.17) is 9.15 Å². The first-order chi connectivity index (χ1) is 14.6. The zero-order chi connectivity index (χ0) is 20.9. The van der Waals surface area contributed by atoms with E-state index in [2.05, 4.69) is 22.0 Å². The fourth-order valence-corrected chi connectivity index (χ4v) is 3.62. The Labute approximate surface area is 175 Å². The quantitative estimate of drug-likeness (QED) is 0.585. The second-order valence-corrected chi connectivity index (χ2v) is 7.36. The molecule has 156 valence electrons. The standard InChI is InChI=1S/C23H25N3O4/c1-17(23(28)26-15-13-25(14-16-26)18-7-3-2-4-8-18)29-22(27)12-11-21-24-19-9-5-6-10-20(19)30-21/h2-10,17H,11-16H2,1H3/t17-/m1/s1. The first-order valence-electron chi connectivity index (χ1n) is 10.2. The van der Waals surface area contributed by atoms with E-state index in [0.717, 1.165) is 24.3 Å². The van der Waals surface area contributed by atoms with Gasteiger partial charge in [-0.15, -0.1) is 0 Å². The van der Waals surface area contributed by atoms with Crippen molar-refractivity contribution in [2.75, 3.05) is 31.1 Å². The molecule has 1 aliphatic heterocycles. The number of oxazole rings is 1. The molecule has 0 N–H and O–H groups in total. The highest BCUT2D eigenvalue weighted by Gasteiger charge is 2.27. The molecular weight excluding hydrogens is 382 g/mol. The smallest absolute Gasteiger partial charge is 0.307 e. The van der Waals surface area contributed by atoms with E-state index in [1.54, 1.807) is 11.8 Å². The van der Waals surface area contributed by atoms with Crippen molar-refractivity contribution < 1.29 is 18.7 Å². The molecule has 1 fully saturated rings. The molecule has 2 aromatic carbocycles. The van der Waals surface area contributed by atoms with Crippen LogP contribution in [0.2, 0.25) is 0 Å². The number of rotatable bonds is 6. The minimum atomic E-state index is -0.801. The largest absolute Gasteiger partial charge is 0.453 e. The van der Waals surface area contributed by atoms with Crippen LogP contribution < -0.4 is 4.90 Å². The Hall–Kier alpha value is -3.35. The van der Waals surface area contributed by atoms with Gasteiger partial charge in [-0.1, -0.05) is 30.3 Å². The fourth-order valence-electron chi connectivity index (χ4n) is 3.62. The first-order valence-corrected chi connectivity index (χ1v) is 10.2. The van der Waals surface area contributed by atoms with Crippen molar-refractivity contribution in [2.24, 2.45) is 0 Å². The molecule has 7 nitrogen and oxygen atoms in total. The van der Waals surface area contributed by atoms with Crippen LogP contribution in [0.5, 0.6) is 0 Å². The van der Waals surface area contributed by atoms with Gasteiger partial charge in [0, 0.05) is 38.3 Å². The number of carbonyl (C=O) groups excluding carboxylic acids is 2. The fraction of sp³-hybridized carbons (Fsp3) is 0.348. The van der Waals surface area contributed by atoms with Crippen molar-refractivity contribution in [3.05, 3.63) is 60.5 Å². The number of ether oxygens (including phenoxy) is 1. The zero-order valence-electron chi connectivity index (χ0n) is 17.0. The molecule has 7 heteroatoms. The molecule has 0 unspecified atom stereocenters. The van der Waals surface area contributed by atoms with Gasteiger partial charge in [-0.2, -0.15) is 0 Å². The number of nitrogens with zero attached hydrogens (tertiary/aromatic N) is 3. The minimum Gasteiger partial charge on any atom is -0.453 e. The van der Waals surface area contributed by atoms with E-state index < -0.39 is 12.1 Å². The lowest BCUT2D eigenvalue weighted by atomic mass is 10.2. The van der Waals surface area contributed by atoms with Crippen LogP contribution in [0.15, 0.2) is 59.0 Å². The number of hydrogen-bond acceptors (Lipinski definition) is 6. The third-order valence-electron chi connectivity index (χ3n) is 5.25. The molecule has 0 bridgehead atoms. The summed E-state index contributed by atoms with van der Waals surface area (Å²) in [5, 5.41) is 0. The summed E-state index contributed by atoms with van der Waals surface area (Å²) in [6, 6.07) is 17.6. The number of esters is 1. The van der Waals surface area contributed by atoms with Gasteiger partial charge >= 0.3 is 5.97 Å². The number of amides is 1. The third kappa shape index (κ3) is 4.62. The van der Waals surface area contributed by atoms with Gasteiger partial charge in [-0.05, 0) is 31.2 Å². The van der Waals surface area contributed by atoms with Crippen molar-refractivity contribution in [1.82, 2.24) is 9.88 Å². The molecule has 0 saturated carbocycles. The van der Waals surface area contributed by atoms with Crippen LogP contribution >= 0.6 is 0 Å². The van der Waals surface area contributed by atoms with E-state index in [9.17, 15) is 9.59 Å². The van der Waals surface area contributed by atoms with E-state index in [0.29, 0.717) is 31.0 Å². The molecule has 4 rings (SSSR count). The minimum absolute atomic E-state index is 0.117. The number of piperazine rings is 1.